The monoisotopic (exact) mass is 353 g/mol. The van der Waals surface area contributed by atoms with Crippen molar-refractivity contribution in [2.75, 3.05) is 39.9 Å². The Labute approximate surface area is 152 Å². The lowest BCUT2D eigenvalue weighted by atomic mass is 9.95. The maximum Gasteiger partial charge on any atom is 0.226 e. The summed E-state index contributed by atoms with van der Waals surface area (Å²) in [6.45, 7) is 7.78. The van der Waals surface area contributed by atoms with E-state index in [1.807, 2.05) is 30.7 Å². The molecule has 144 valence electrons. The summed E-state index contributed by atoms with van der Waals surface area (Å²) in [6, 6.07) is 0.787. The summed E-state index contributed by atoms with van der Waals surface area (Å²) in [6.07, 6.45) is 5.22. The lowest BCUT2D eigenvalue weighted by Gasteiger charge is -2.30. The van der Waals surface area contributed by atoms with Crippen molar-refractivity contribution in [3.05, 3.63) is 0 Å². The summed E-state index contributed by atoms with van der Waals surface area (Å²) in [5.41, 5.74) is 0. The minimum atomic E-state index is -0.170. The van der Waals surface area contributed by atoms with Crippen molar-refractivity contribution in [2.24, 2.45) is 5.92 Å². The third-order valence-corrected chi connectivity index (χ3v) is 5.56. The van der Waals surface area contributed by atoms with E-state index in [-0.39, 0.29) is 17.7 Å². The minimum absolute atomic E-state index is 0.0891. The molecule has 2 atom stereocenters. The first-order chi connectivity index (χ1) is 12.0. The second kappa shape index (κ2) is 10.1. The molecule has 6 nitrogen and oxygen atoms in total. The van der Waals surface area contributed by atoms with E-state index in [0.29, 0.717) is 31.6 Å². The highest BCUT2D eigenvalue weighted by molar-refractivity contribution is 5.85. The van der Waals surface area contributed by atoms with Crippen LogP contribution in [0.4, 0.5) is 0 Å². The number of likely N-dealkylation sites (N-methyl/N-ethyl adjacent to an activating group) is 1. The molecule has 2 aliphatic heterocycles. The molecular weight excluding hydrogens is 318 g/mol. The largest absolute Gasteiger partial charge is 0.381 e. The average molecular weight is 354 g/mol. The van der Waals surface area contributed by atoms with Gasteiger partial charge in [0.1, 0.15) is 0 Å². The summed E-state index contributed by atoms with van der Waals surface area (Å²) in [5, 5.41) is 3.72. The Kier molecular flexibility index (Phi) is 8.16. The van der Waals surface area contributed by atoms with Gasteiger partial charge in [0.2, 0.25) is 11.8 Å². The maximum absolute atomic E-state index is 12.7. The van der Waals surface area contributed by atoms with E-state index < -0.39 is 0 Å². The first-order valence-corrected chi connectivity index (χ1v) is 9.91. The standard InChI is InChI=1S/C19H35N3O3/c1-4-22(5-2)19(24)15-7-6-8-17(14-21(3)18(23)13-15)20-16-9-11-25-12-10-16/h15-17,20H,4-14H2,1-3H3/t15-,17-/m1/s1. The fourth-order valence-corrected chi connectivity index (χ4v) is 3.94. The number of nitrogens with one attached hydrogen (secondary N) is 1. The van der Waals surface area contributed by atoms with Crippen LogP contribution < -0.4 is 5.32 Å². The Morgan fingerprint density at radius 1 is 1.16 bits per heavy atom. The van der Waals surface area contributed by atoms with E-state index in [2.05, 4.69) is 5.32 Å². The molecule has 0 spiro atoms. The van der Waals surface area contributed by atoms with Gasteiger partial charge in [-0.15, -0.1) is 0 Å². The van der Waals surface area contributed by atoms with E-state index in [0.717, 1.165) is 51.9 Å². The smallest absolute Gasteiger partial charge is 0.226 e. The minimum Gasteiger partial charge on any atom is -0.381 e. The van der Waals surface area contributed by atoms with E-state index >= 15 is 0 Å². The van der Waals surface area contributed by atoms with Gasteiger partial charge in [0.15, 0.2) is 0 Å². The molecule has 0 aromatic rings. The van der Waals surface area contributed by atoms with Crippen molar-refractivity contribution in [3.63, 3.8) is 0 Å². The molecule has 0 saturated carbocycles. The molecule has 0 aliphatic carbocycles. The van der Waals surface area contributed by atoms with Crippen LogP contribution >= 0.6 is 0 Å². The quantitative estimate of drug-likeness (QED) is 0.816. The highest BCUT2D eigenvalue weighted by Gasteiger charge is 2.29. The van der Waals surface area contributed by atoms with Gasteiger partial charge in [-0.2, -0.15) is 0 Å². The van der Waals surface area contributed by atoms with Crippen LogP contribution in [0, 0.1) is 5.92 Å². The van der Waals surface area contributed by atoms with Gasteiger partial charge < -0.3 is 19.9 Å². The van der Waals surface area contributed by atoms with E-state index in [4.69, 9.17) is 4.74 Å². The van der Waals surface area contributed by atoms with Crippen molar-refractivity contribution in [1.29, 1.82) is 0 Å². The van der Waals surface area contributed by atoms with E-state index in [9.17, 15) is 9.59 Å². The van der Waals surface area contributed by atoms with Gasteiger partial charge in [0, 0.05) is 64.3 Å². The predicted octanol–water partition coefficient (Wildman–Crippen LogP) is 1.64. The van der Waals surface area contributed by atoms with Crippen molar-refractivity contribution >= 4 is 11.8 Å². The topological polar surface area (TPSA) is 61.9 Å². The predicted molar refractivity (Wildman–Crippen MR) is 98.3 cm³/mol. The molecule has 0 radical (unpaired) electrons. The molecule has 2 fully saturated rings. The molecule has 2 aliphatic rings. The second-order valence-electron chi connectivity index (χ2n) is 7.37. The van der Waals surface area contributed by atoms with Crippen LogP contribution in [-0.4, -0.2) is 73.6 Å². The molecule has 1 N–H and O–H groups in total. The summed E-state index contributed by atoms with van der Waals surface area (Å²) in [7, 11) is 1.87. The van der Waals surface area contributed by atoms with Crippen LogP contribution in [0.25, 0.3) is 0 Å². The van der Waals surface area contributed by atoms with Gasteiger partial charge in [0.25, 0.3) is 0 Å². The zero-order valence-electron chi connectivity index (χ0n) is 16.1. The first-order valence-electron chi connectivity index (χ1n) is 9.91. The molecule has 25 heavy (non-hydrogen) atoms. The lowest BCUT2D eigenvalue weighted by Crippen LogP contribution is -2.47. The molecule has 2 amide bonds. The maximum atomic E-state index is 12.7. The third kappa shape index (κ3) is 5.96. The highest BCUT2D eigenvalue weighted by atomic mass is 16.5. The molecule has 2 heterocycles. The van der Waals surface area contributed by atoms with Crippen LogP contribution in [0.3, 0.4) is 0 Å². The van der Waals surface area contributed by atoms with Crippen LogP contribution in [0.5, 0.6) is 0 Å². The Balaban J connectivity index is 1.97. The Bertz CT molecular complexity index is 434. The first kappa shape index (κ1) is 20.2. The lowest BCUT2D eigenvalue weighted by molar-refractivity contribution is -0.140. The van der Waals surface area contributed by atoms with Crippen molar-refractivity contribution in [3.8, 4) is 0 Å². The zero-order chi connectivity index (χ0) is 18.2. The van der Waals surface area contributed by atoms with Gasteiger partial charge in [-0.25, -0.2) is 0 Å². The summed E-state index contributed by atoms with van der Waals surface area (Å²) < 4.78 is 5.43. The van der Waals surface area contributed by atoms with E-state index in [1.54, 1.807) is 0 Å². The molecule has 0 bridgehead atoms. The third-order valence-electron chi connectivity index (χ3n) is 5.56. The van der Waals surface area contributed by atoms with Crippen LogP contribution in [0.1, 0.15) is 52.4 Å². The normalized spacial score (nSPS) is 26.7. The number of ether oxygens (including phenoxy) is 1. The molecule has 0 aromatic heterocycles. The Morgan fingerprint density at radius 2 is 1.84 bits per heavy atom. The zero-order valence-corrected chi connectivity index (χ0v) is 16.1. The fourth-order valence-electron chi connectivity index (χ4n) is 3.94. The van der Waals surface area contributed by atoms with Crippen molar-refractivity contribution in [1.82, 2.24) is 15.1 Å². The van der Waals surface area contributed by atoms with Crippen molar-refractivity contribution < 1.29 is 14.3 Å². The van der Waals surface area contributed by atoms with Gasteiger partial charge in [-0.05, 0) is 39.5 Å². The SMILES string of the molecule is CCN(CC)C(=O)[C@@H]1CCC[C@@H](NC2CCOCC2)CN(C)C(=O)C1. The van der Waals surface area contributed by atoms with Crippen LogP contribution in [0.2, 0.25) is 0 Å². The van der Waals surface area contributed by atoms with Gasteiger partial charge in [-0.1, -0.05) is 6.42 Å². The number of hydrogen-bond acceptors (Lipinski definition) is 4. The number of rotatable bonds is 5. The highest BCUT2D eigenvalue weighted by Crippen LogP contribution is 2.21. The van der Waals surface area contributed by atoms with E-state index in [1.165, 1.54) is 0 Å². The molecule has 2 saturated heterocycles. The summed E-state index contributed by atoms with van der Waals surface area (Å²) in [5.74, 6) is 0.0606. The molecule has 2 rings (SSSR count). The van der Waals surface area contributed by atoms with Gasteiger partial charge in [-0.3, -0.25) is 9.59 Å². The van der Waals surface area contributed by atoms with Crippen LogP contribution in [0.15, 0.2) is 0 Å². The second-order valence-corrected chi connectivity index (χ2v) is 7.37. The average Bonchev–Trinajstić information content (AvgIpc) is 2.67. The number of hydrogen-bond donors (Lipinski definition) is 1. The Morgan fingerprint density at radius 3 is 2.48 bits per heavy atom. The Hall–Kier alpha value is -1.14. The molecule has 0 unspecified atom stereocenters. The number of nitrogens with zero attached hydrogens (tertiary/aromatic N) is 2. The number of carbonyl (C=O) groups excluding carboxylic acids is 2. The number of carbonyl (C=O) groups is 2. The van der Waals surface area contributed by atoms with Crippen molar-refractivity contribution in [2.45, 2.75) is 64.5 Å². The summed E-state index contributed by atoms with van der Waals surface area (Å²) >= 11 is 0. The summed E-state index contributed by atoms with van der Waals surface area (Å²) in [4.78, 5) is 29.0. The van der Waals surface area contributed by atoms with Gasteiger partial charge in [0.05, 0.1) is 0 Å². The molecular formula is C19H35N3O3. The number of amides is 2. The fraction of sp³-hybridized carbons (Fsp3) is 0.895. The molecule has 0 aromatic carbocycles. The van der Waals surface area contributed by atoms with Gasteiger partial charge >= 0.3 is 0 Å². The molecule has 6 heteroatoms. The van der Waals surface area contributed by atoms with Crippen LogP contribution in [-0.2, 0) is 14.3 Å².